The van der Waals surface area contributed by atoms with Gasteiger partial charge >= 0.3 is 0 Å². The molecule has 4 nitrogen and oxygen atoms in total. The van der Waals surface area contributed by atoms with Crippen molar-refractivity contribution in [2.24, 2.45) is 5.92 Å². The highest BCUT2D eigenvalue weighted by Crippen LogP contribution is 2.20. The molecule has 5 heteroatoms. The first-order chi connectivity index (χ1) is 13.5. The van der Waals surface area contributed by atoms with E-state index in [9.17, 15) is 4.79 Å². The van der Waals surface area contributed by atoms with E-state index in [1.54, 1.807) is 0 Å². The Balaban J connectivity index is 1.48. The van der Waals surface area contributed by atoms with Gasteiger partial charge in [0.25, 0.3) is 5.91 Å². The second-order valence-corrected chi connectivity index (χ2v) is 7.77. The van der Waals surface area contributed by atoms with Crippen LogP contribution in [0.5, 0.6) is 5.75 Å². The van der Waals surface area contributed by atoms with Crippen molar-refractivity contribution in [3.63, 3.8) is 0 Å². The van der Waals surface area contributed by atoms with Gasteiger partial charge in [-0.15, -0.1) is 0 Å². The number of thiocarbonyl (C=S) groups is 1. The van der Waals surface area contributed by atoms with Crippen LogP contribution in [0.2, 0.25) is 0 Å². The van der Waals surface area contributed by atoms with E-state index in [1.165, 1.54) is 18.4 Å². The van der Waals surface area contributed by atoms with E-state index in [0.29, 0.717) is 5.75 Å². The highest BCUT2D eigenvalue weighted by atomic mass is 32.1. The lowest BCUT2D eigenvalue weighted by Gasteiger charge is -2.32. The fourth-order valence-corrected chi connectivity index (χ4v) is 3.58. The van der Waals surface area contributed by atoms with Crippen LogP contribution in [-0.4, -0.2) is 35.5 Å². The molecule has 1 amide bonds. The van der Waals surface area contributed by atoms with E-state index < -0.39 is 0 Å². The van der Waals surface area contributed by atoms with Crippen molar-refractivity contribution in [3.05, 3.63) is 59.7 Å². The van der Waals surface area contributed by atoms with E-state index in [-0.39, 0.29) is 12.5 Å². The van der Waals surface area contributed by atoms with Crippen molar-refractivity contribution >= 4 is 28.8 Å². The summed E-state index contributed by atoms with van der Waals surface area (Å²) in [5.41, 5.74) is 3.05. The van der Waals surface area contributed by atoms with E-state index >= 15 is 0 Å². The van der Waals surface area contributed by atoms with Crippen molar-refractivity contribution in [1.29, 1.82) is 0 Å². The van der Waals surface area contributed by atoms with Gasteiger partial charge in [0.15, 0.2) is 6.61 Å². The topological polar surface area (TPSA) is 41.6 Å². The van der Waals surface area contributed by atoms with Crippen LogP contribution in [0, 0.1) is 5.92 Å². The normalized spacial score (nSPS) is 14.6. The van der Waals surface area contributed by atoms with Crippen molar-refractivity contribution < 1.29 is 9.53 Å². The summed E-state index contributed by atoms with van der Waals surface area (Å²) < 4.78 is 5.61. The van der Waals surface area contributed by atoms with Gasteiger partial charge in [0, 0.05) is 24.3 Å². The van der Waals surface area contributed by atoms with Crippen LogP contribution in [0.4, 0.5) is 5.69 Å². The predicted molar refractivity (Wildman–Crippen MR) is 118 cm³/mol. The van der Waals surface area contributed by atoms with Crippen molar-refractivity contribution in [2.45, 2.75) is 33.1 Å². The quantitative estimate of drug-likeness (QED) is 0.720. The number of ether oxygens (including phenoxy) is 1. The van der Waals surface area contributed by atoms with E-state index in [1.807, 2.05) is 48.5 Å². The smallest absolute Gasteiger partial charge is 0.262 e. The van der Waals surface area contributed by atoms with Crippen LogP contribution in [0.1, 0.15) is 37.8 Å². The fraction of sp³-hybridized carbons (Fsp3) is 0.391. The van der Waals surface area contributed by atoms with Crippen molar-refractivity contribution in [3.8, 4) is 5.75 Å². The number of piperidine rings is 1. The number of benzene rings is 2. The molecule has 0 saturated carbocycles. The van der Waals surface area contributed by atoms with Crippen LogP contribution >= 0.6 is 12.2 Å². The SMILES string of the molecule is CCc1ccc(NC(=O)COc2ccc(C(=S)N3CCC(C)CC3)cc2)cc1. The summed E-state index contributed by atoms with van der Waals surface area (Å²) in [6.45, 7) is 6.42. The molecule has 1 aliphatic rings. The van der Waals surface area contributed by atoms with E-state index in [4.69, 9.17) is 17.0 Å². The molecule has 1 N–H and O–H groups in total. The number of likely N-dealkylation sites (tertiary alicyclic amines) is 1. The van der Waals surface area contributed by atoms with Crippen LogP contribution in [-0.2, 0) is 11.2 Å². The average molecular weight is 397 g/mol. The fourth-order valence-electron chi connectivity index (χ4n) is 3.26. The van der Waals surface area contributed by atoms with Crippen molar-refractivity contribution in [2.75, 3.05) is 25.0 Å². The average Bonchev–Trinajstić information content (AvgIpc) is 2.73. The lowest BCUT2D eigenvalue weighted by atomic mass is 9.99. The number of carbonyl (C=O) groups is 1. The number of aryl methyl sites for hydroxylation is 1. The number of nitrogens with one attached hydrogen (secondary N) is 1. The summed E-state index contributed by atoms with van der Waals surface area (Å²) in [5.74, 6) is 1.27. The lowest BCUT2D eigenvalue weighted by molar-refractivity contribution is -0.118. The molecule has 1 aliphatic heterocycles. The predicted octanol–water partition coefficient (Wildman–Crippen LogP) is 4.67. The van der Waals surface area contributed by atoms with Gasteiger partial charge in [0.1, 0.15) is 10.7 Å². The zero-order chi connectivity index (χ0) is 19.9. The molecule has 2 aromatic carbocycles. The highest BCUT2D eigenvalue weighted by molar-refractivity contribution is 7.80. The Morgan fingerprint density at radius 3 is 2.36 bits per heavy atom. The Bertz CT molecular complexity index is 794. The summed E-state index contributed by atoms with van der Waals surface area (Å²) in [6, 6.07) is 15.5. The zero-order valence-corrected chi connectivity index (χ0v) is 17.4. The van der Waals surface area contributed by atoms with Gasteiger partial charge in [0.2, 0.25) is 0 Å². The Kier molecular flexibility index (Phi) is 7.04. The number of amides is 1. The summed E-state index contributed by atoms with van der Waals surface area (Å²) in [4.78, 5) is 15.3. The maximum atomic E-state index is 12.1. The number of anilines is 1. The monoisotopic (exact) mass is 396 g/mol. The Labute approximate surface area is 172 Å². The summed E-state index contributed by atoms with van der Waals surface area (Å²) >= 11 is 5.64. The van der Waals surface area contributed by atoms with Crippen LogP contribution in [0.15, 0.2) is 48.5 Å². The molecule has 0 spiro atoms. The molecule has 1 fully saturated rings. The second-order valence-electron chi connectivity index (χ2n) is 7.39. The maximum absolute atomic E-state index is 12.1. The molecule has 2 aromatic rings. The molecule has 148 valence electrons. The highest BCUT2D eigenvalue weighted by Gasteiger charge is 2.18. The molecule has 0 unspecified atom stereocenters. The van der Waals surface area contributed by atoms with E-state index in [0.717, 1.165) is 41.7 Å². The minimum atomic E-state index is -0.175. The number of carbonyl (C=O) groups excluding carboxylic acids is 1. The summed E-state index contributed by atoms with van der Waals surface area (Å²) in [7, 11) is 0. The standard InChI is InChI=1S/C23H28N2O2S/c1-3-18-4-8-20(9-5-18)24-22(26)16-27-21-10-6-19(7-11-21)23(28)25-14-12-17(2)13-15-25/h4-11,17H,3,12-16H2,1-2H3,(H,24,26). The third kappa shape index (κ3) is 5.55. The van der Waals surface area contributed by atoms with Gasteiger partial charge in [-0.2, -0.15) is 0 Å². The number of hydrogen-bond donors (Lipinski definition) is 1. The minimum absolute atomic E-state index is 0.0245. The first-order valence-corrected chi connectivity index (χ1v) is 10.4. The molecular formula is C23H28N2O2S. The second kappa shape index (κ2) is 9.69. The van der Waals surface area contributed by atoms with Crippen LogP contribution in [0.3, 0.4) is 0 Å². The zero-order valence-electron chi connectivity index (χ0n) is 16.6. The van der Waals surface area contributed by atoms with Gasteiger partial charge in [-0.3, -0.25) is 4.79 Å². The molecule has 0 radical (unpaired) electrons. The number of rotatable bonds is 6. The molecule has 3 rings (SSSR count). The molecule has 28 heavy (non-hydrogen) atoms. The van der Waals surface area contributed by atoms with Gasteiger partial charge in [0.05, 0.1) is 0 Å². The molecule has 0 aliphatic carbocycles. The van der Waals surface area contributed by atoms with Gasteiger partial charge in [-0.1, -0.05) is 38.2 Å². The molecule has 0 bridgehead atoms. The maximum Gasteiger partial charge on any atom is 0.262 e. The largest absolute Gasteiger partial charge is 0.484 e. The van der Waals surface area contributed by atoms with Gasteiger partial charge < -0.3 is 15.0 Å². The third-order valence-corrected chi connectivity index (χ3v) is 5.68. The van der Waals surface area contributed by atoms with Gasteiger partial charge in [-0.05, 0) is 67.1 Å². The summed E-state index contributed by atoms with van der Waals surface area (Å²) in [6.07, 6.45) is 3.36. The Morgan fingerprint density at radius 1 is 1.11 bits per heavy atom. The summed E-state index contributed by atoms with van der Waals surface area (Å²) in [5, 5.41) is 2.85. The van der Waals surface area contributed by atoms with E-state index in [2.05, 4.69) is 24.1 Å². The Hall–Kier alpha value is -2.40. The molecule has 1 saturated heterocycles. The van der Waals surface area contributed by atoms with Crippen LogP contribution < -0.4 is 10.1 Å². The van der Waals surface area contributed by atoms with Gasteiger partial charge in [-0.25, -0.2) is 0 Å². The first-order valence-electron chi connectivity index (χ1n) is 9.96. The first kappa shape index (κ1) is 20.3. The Morgan fingerprint density at radius 2 is 1.75 bits per heavy atom. The molecular weight excluding hydrogens is 368 g/mol. The number of hydrogen-bond acceptors (Lipinski definition) is 3. The molecule has 0 atom stereocenters. The van der Waals surface area contributed by atoms with Crippen LogP contribution in [0.25, 0.3) is 0 Å². The third-order valence-electron chi connectivity index (χ3n) is 5.19. The molecule has 1 heterocycles. The number of nitrogens with zero attached hydrogens (tertiary/aromatic N) is 1. The lowest BCUT2D eigenvalue weighted by Crippen LogP contribution is -2.37. The minimum Gasteiger partial charge on any atom is -0.484 e. The molecule has 0 aromatic heterocycles. The van der Waals surface area contributed by atoms with Crippen molar-refractivity contribution in [1.82, 2.24) is 4.90 Å².